The van der Waals surface area contributed by atoms with Crippen molar-refractivity contribution in [2.75, 3.05) is 19.7 Å². The van der Waals surface area contributed by atoms with Gasteiger partial charge in [-0.05, 0) is 43.5 Å². The number of nitrogens with zero attached hydrogens (tertiary/aromatic N) is 1. The highest BCUT2D eigenvalue weighted by atomic mass is 19.4. The molecule has 8 heteroatoms. The second-order valence-corrected chi connectivity index (χ2v) is 5.85. The molecule has 136 valence electrons. The molecule has 0 radical (unpaired) electrons. The van der Waals surface area contributed by atoms with Crippen molar-refractivity contribution in [3.8, 4) is 5.75 Å². The van der Waals surface area contributed by atoms with Crippen LogP contribution in [0, 0.1) is 13.8 Å². The fraction of sp³-hybridized carbons (Fsp3) is 0.412. The summed E-state index contributed by atoms with van der Waals surface area (Å²) in [6, 6.07) is 3.10. The topological polar surface area (TPSA) is 66.8 Å². The smallest absolute Gasteiger partial charge is 0.412 e. The number of ether oxygens (including phenoxy) is 1. The lowest BCUT2D eigenvalue weighted by Crippen LogP contribution is -2.36. The maximum atomic E-state index is 12.6. The van der Waals surface area contributed by atoms with E-state index in [0.29, 0.717) is 22.4 Å². The lowest BCUT2D eigenvalue weighted by Gasteiger charge is -2.27. The normalized spacial score (nSPS) is 14.9. The molecule has 0 spiro atoms. The van der Waals surface area contributed by atoms with Gasteiger partial charge in [-0.15, -0.1) is 0 Å². The number of carboxylic acid groups (broad SMARTS) is 1. The lowest BCUT2D eigenvalue weighted by atomic mass is 10.0. The van der Waals surface area contributed by atoms with Crippen LogP contribution in [0.1, 0.15) is 27.9 Å². The average molecular weight is 357 g/mol. The first-order chi connectivity index (χ1) is 11.6. The molecule has 1 aromatic rings. The number of carbonyl (C=O) groups excluding carboxylic acids is 1. The summed E-state index contributed by atoms with van der Waals surface area (Å²) in [5, 5.41) is 8.68. The van der Waals surface area contributed by atoms with E-state index in [2.05, 4.69) is 0 Å². The molecule has 0 unspecified atom stereocenters. The van der Waals surface area contributed by atoms with E-state index in [4.69, 9.17) is 9.84 Å². The Labute approximate surface area is 142 Å². The third-order valence-electron chi connectivity index (χ3n) is 3.91. The number of carbonyl (C=O) groups is 2. The number of carboxylic acids is 1. The van der Waals surface area contributed by atoms with Crippen LogP contribution >= 0.6 is 0 Å². The molecule has 0 fully saturated rings. The van der Waals surface area contributed by atoms with E-state index in [-0.39, 0.29) is 25.4 Å². The highest BCUT2D eigenvalue weighted by Crippen LogP contribution is 2.31. The van der Waals surface area contributed by atoms with Gasteiger partial charge in [-0.3, -0.25) is 4.79 Å². The van der Waals surface area contributed by atoms with Gasteiger partial charge in [0.2, 0.25) is 0 Å². The third kappa shape index (κ3) is 4.52. The summed E-state index contributed by atoms with van der Waals surface area (Å²) in [6.45, 7) is 2.77. The molecule has 2 rings (SSSR count). The quantitative estimate of drug-likeness (QED) is 0.841. The molecular formula is C17H18F3NO4. The standard InChI is InChI=1S/C17H18F3NO4/c1-10-7-12(8-11(2)15(10)25-9-14(22)23)16(24)21-5-3-13(4-6-21)17(18,19)20/h3,7-8H,4-6,9H2,1-2H3,(H,22,23). The maximum Gasteiger partial charge on any atom is 0.412 e. The van der Waals surface area contributed by atoms with Crippen LogP contribution in [0.25, 0.3) is 0 Å². The number of alkyl halides is 3. The van der Waals surface area contributed by atoms with Gasteiger partial charge in [0.05, 0.1) is 0 Å². The van der Waals surface area contributed by atoms with E-state index in [1.807, 2.05) is 0 Å². The van der Waals surface area contributed by atoms with E-state index in [1.165, 1.54) is 4.90 Å². The molecule has 0 aliphatic carbocycles. The van der Waals surface area contributed by atoms with Crippen LogP contribution in [0.3, 0.4) is 0 Å². The second-order valence-electron chi connectivity index (χ2n) is 5.85. The van der Waals surface area contributed by atoms with Gasteiger partial charge in [0, 0.05) is 24.2 Å². The average Bonchev–Trinajstić information content (AvgIpc) is 2.52. The first kappa shape index (κ1) is 18.8. The number of hydrogen-bond donors (Lipinski definition) is 1. The Balaban J connectivity index is 2.15. The summed E-state index contributed by atoms with van der Waals surface area (Å²) in [6.07, 6.45) is -3.55. The molecule has 0 aromatic heterocycles. The Morgan fingerprint density at radius 3 is 2.28 bits per heavy atom. The van der Waals surface area contributed by atoms with E-state index >= 15 is 0 Å². The Hall–Kier alpha value is -2.51. The molecule has 25 heavy (non-hydrogen) atoms. The summed E-state index contributed by atoms with van der Waals surface area (Å²) in [5.74, 6) is -1.09. The SMILES string of the molecule is Cc1cc(C(=O)N2CC=C(C(F)(F)F)CC2)cc(C)c1OCC(=O)O. The van der Waals surface area contributed by atoms with Gasteiger partial charge in [0.25, 0.3) is 5.91 Å². The van der Waals surface area contributed by atoms with Crippen LogP contribution in [0.5, 0.6) is 5.75 Å². The summed E-state index contributed by atoms with van der Waals surface area (Å²) in [7, 11) is 0. The second kappa shape index (κ2) is 7.16. The molecule has 1 aliphatic rings. The number of aliphatic carboxylic acids is 1. The van der Waals surface area contributed by atoms with Crippen molar-refractivity contribution >= 4 is 11.9 Å². The third-order valence-corrected chi connectivity index (χ3v) is 3.91. The highest BCUT2D eigenvalue weighted by Gasteiger charge is 2.35. The van der Waals surface area contributed by atoms with E-state index in [0.717, 1.165) is 6.08 Å². The molecular weight excluding hydrogens is 339 g/mol. The van der Waals surface area contributed by atoms with Crippen LogP contribution in [-0.2, 0) is 4.79 Å². The van der Waals surface area contributed by atoms with Crippen LogP contribution in [0.15, 0.2) is 23.8 Å². The highest BCUT2D eigenvalue weighted by molar-refractivity contribution is 5.95. The minimum absolute atomic E-state index is 0.000459. The van der Waals surface area contributed by atoms with Gasteiger partial charge in [0.1, 0.15) is 5.75 Å². The van der Waals surface area contributed by atoms with Crippen LogP contribution in [0.2, 0.25) is 0 Å². The van der Waals surface area contributed by atoms with Crippen molar-refractivity contribution in [1.82, 2.24) is 4.90 Å². The van der Waals surface area contributed by atoms with Gasteiger partial charge in [-0.1, -0.05) is 6.08 Å². The van der Waals surface area contributed by atoms with E-state index in [9.17, 15) is 22.8 Å². The van der Waals surface area contributed by atoms with Crippen molar-refractivity contribution < 1.29 is 32.6 Å². The summed E-state index contributed by atoms with van der Waals surface area (Å²) >= 11 is 0. The summed E-state index contributed by atoms with van der Waals surface area (Å²) in [5.41, 5.74) is 0.907. The molecule has 5 nitrogen and oxygen atoms in total. The fourth-order valence-electron chi connectivity index (χ4n) is 2.73. The van der Waals surface area contributed by atoms with Crippen molar-refractivity contribution in [1.29, 1.82) is 0 Å². The molecule has 1 aromatic carbocycles. The fourth-order valence-corrected chi connectivity index (χ4v) is 2.73. The zero-order chi connectivity index (χ0) is 18.8. The lowest BCUT2D eigenvalue weighted by molar-refractivity contribution is -0.139. The van der Waals surface area contributed by atoms with Gasteiger partial charge < -0.3 is 14.7 Å². The molecule has 1 amide bonds. The van der Waals surface area contributed by atoms with Crippen LogP contribution in [-0.4, -0.2) is 47.8 Å². The molecule has 0 bridgehead atoms. The minimum Gasteiger partial charge on any atom is -0.481 e. The molecule has 0 saturated heterocycles. The predicted molar refractivity (Wildman–Crippen MR) is 83.7 cm³/mol. The minimum atomic E-state index is -4.36. The Morgan fingerprint density at radius 1 is 1.24 bits per heavy atom. The van der Waals surface area contributed by atoms with Gasteiger partial charge in [-0.25, -0.2) is 4.79 Å². The van der Waals surface area contributed by atoms with Crippen molar-refractivity contribution in [2.45, 2.75) is 26.4 Å². The monoisotopic (exact) mass is 357 g/mol. The van der Waals surface area contributed by atoms with Crippen molar-refractivity contribution in [2.24, 2.45) is 0 Å². The summed E-state index contributed by atoms with van der Waals surface area (Å²) < 4.78 is 43.1. The molecule has 1 heterocycles. The zero-order valence-corrected chi connectivity index (χ0v) is 13.8. The number of hydrogen-bond acceptors (Lipinski definition) is 3. The number of aryl methyl sites for hydroxylation is 2. The number of benzene rings is 1. The molecule has 0 atom stereocenters. The van der Waals surface area contributed by atoms with Crippen LogP contribution in [0.4, 0.5) is 13.2 Å². The maximum absolute atomic E-state index is 12.6. The number of amides is 1. The zero-order valence-electron chi connectivity index (χ0n) is 13.8. The Kier molecular flexibility index (Phi) is 5.39. The van der Waals surface area contributed by atoms with Crippen molar-refractivity contribution in [3.05, 3.63) is 40.5 Å². The predicted octanol–water partition coefficient (Wildman–Crippen LogP) is 3.10. The van der Waals surface area contributed by atoms with Gasteiger partial charge in [0.15, 0.2) is 6.61 Å². The number of halogens is 3. The summed E-state index contributed by atoms with van der Waals surface area (Å²) in [4.78, 5) is 24.5. The van der Waals surface area contributed by atoms with Crippen molar-refractivity contribution in [3.63, 3.8) is 0 Å². The molecule has 0 saturated carbocycles. The Morgan fingerprint density at radius 2 is 1.84 bits per heavy atom. The first-order valence-electron chi connectivity index (χ1n) is 7.61. The largest absolute Gasteiger partial charge is 0.481 e. The van der Waals surface area contributed by atoms with Gasteiger partial charge in [-0.2, -0.15) is 13.2 Å². The number of rotatable bonds is 4. The van der Waals surface area contributed by atoms with Gasteiger partial charge >= 0.3 is 12.1 Å². The molecule has 1 aliphatic heterocycles. The Bertz CT molecular complexity index is 702. The van der Waals surface area contributed by atoms with E-state index < -0.39 is 24.3 Å². The van der Waals surface area contributed by atoms with E-state index in [1.54, 1.807) is 26.0 Å². The first-order valence-corrected chi connectivity index (χ1v) is 7.61. The van der Waals surface area contributed by atoms with Crippen LogP contribution < -0.4 is 4.74 Å². The molecule has 1 N–H and O–H groups in total.